The lowest BCUT2D eigenvalue weighted by atomic mass is 10.2. The average molecular weight is 310 g/mol. The Morgan fingerprint density at radius 3 is 2.90 bits per heavy atom. The molecule has 0 aliphatic carbocycles. The molecule has 1 fully saturated rings. The van der Waals surface area contributed by atoms with Gasteiger partial charge >= 0.3 is 12.0 Å². The van der Waals surface area contributed by atoms with Gasteiger partial charge in [-0.2, -0.15) is 0 Å². The molecule has 8 heteroatoms. The molecule has 2 aliphatic heterocycles. The SMILES string of the molecule is CC1SCC(C(=O)O)N1C(=O)Nc1ccc2c(c1)OCO2. The van der Waals surface area contributed by atoms with Gasteiger partial charge in [0.15, 0.2) is 11.5 Å². The molecule has 1 saturated heterocycles. The summed E-state index contributed by atoms with van der Waals surface area (Å²) in [7, 11) is 0. The van der Waals surface area contributed by atoms with Gasteiger partial charge < -0.3 is 19.9 Å². The van der Waals surface area contributed by atoms with Crippen LogP contribution in [0.1, 0.15) is 6.92 Å². The van der Waals surface area contributed by atoms with E-state index >= 15 is 0 Å². The van der Waals surface area contributed by atoms with Gasteiger partial charge in [0.05, 0.1) is 5.37 Å². The topological polar surface area (TPSA) is 88.1 Å². The van der Waals surface area contributed by atoms with Crippen LogP contribution in [-0.2, 0) is 4.79 Å². The monoisotopic (exact) mass is 310 g/mol. The molecule has 0 spiro atoms. The number of benzene rings is 1. The van der Waals surface area contributed by atoms with Crippen LogP contribution in [0.15, 0.2) is 18.2 Å². The van der Waals surface area contributed by atoms with E-state index in [1.165, 1.54) is 16.7 Å². The van der Waals surface area contributed by atoms with Crippen LogP contribution in [0.25, 0.3) is 0 Å². The molecule has 2 N–H and O–H groups in total. The molecule has 1 aromatic carbocycles. The molecule has 0 aromatic heterocycles. The molecule has 0 bridgehead atoms. The molecule has 0 saturated carbocycles. The number of thioether (sulfide) groups is 1. The number of hydrogen-bond acceptors (Lipinski definition) is 5. The summed E-state index contributed by atoms with van der Waals surface area (Å²) >= 11 is 1.44. The Hall–Kier alpha value is -2.09. The van der Waals surface area contributed by atoms with Crippen molar-refractivity contribution in [2.24, 2.45) is 0 Å². The number of carbonyl (C=O) groups excluding carboxylic acids is 1. The van der Waals surface area contributed by atoms with E-state index in [0.717, 1.165) is 0 Å². The van der Waals surface area contributed by atoms with Gasteiger partial charge in [-0.3, -0.25) is 4.90 Å². The number of fused-ring (bicyclic) bond motifs is 1. The van der Waals surface area contributed by atoms with Gasteiger partial charge in [0.25, 0.3) is 0 Å². The Bertz CT molecular complexity index is 594. The molecule has 0 radical (unpaired) electrons. The number of amides is 2. The third kappa shape index (κ3) is 2.58. The van der Waals surface area contributed by atoms with Crippen molar-refractivity contribution < 1.29 is 24.2 Å². The van der Waals surface area contributed by atoms with E-state index in [2.05, 4.69) is 5.32 Å². The highest BCUT2D eigenvalue weighted by Crippen LogP contribution is 2.35. The lowest BCUT2D eigenvalue weighted by Crippen LogP contribution is -2.46. The first kappa shape index (κ1) is 13.9. The van der Waals surface area contributed by atoms with E-state index in [4.69, 9.17) is 9.47 Å². The molecule has 2 amide bonds. The quantitative estimate of drug-likeness (QED) is 0.866. The molecule has 21 heavy (non-hydrogen) atoms. The normalized spacial score (nSPS) is 23.2. The van der Waals surface area contributed by atoms with Crippen molar-refractivity contribution in [1.82, 2.24) is 4.90 Å². The van der Waals surface area contributed by atoms with E-state index < -0.39 is 18.0 Å². The molecule has 2 heterocycles. The van der Waals surface area contributed by atoms with Gasteiger partial charge in [-0.1, -0.05) is 0 Å². The van der Waals surface area contributed by atoms with Crippen LogP contribution in [0.5, 0.6) is 11.5 Å². The fraction of sp³-hybridized carbons (Fsp3) is 0.385. The minimum absolute atomic E-state index is 0.160. The van der Waals surface area contributed by atoms with Crippen molar-refractivity contribution in [1.29, 1.82) is 0 Å². The number of nitrogens with zero attached hydrogens (tertiary/aromatic N) is 1. The third-order valence-corrected chi connectivity index (χ3v) is 4.58. The molecule has 1 aromatic rings. The molecule has 112 valence electrons. The molecule has 2 unspecified atom stereocenters. The summed E-state index contributed by atoms with van der Waals surface area (Å²) in [5, 5.41) is 11.7. The average Bonchev–Trinajstić information content (AvgIpc) is 3.04. The lowest BCUT2D eigenvalue weighted by molar-refractivity contribution is -0.141. The number of rotatable bonds is 2. The Morgan fingerprint density at radius 1 is 1.38 bits per heavy atom. The van der Waals surface area contributed by atoms with Gasteiger partial charge in [-0.25, -0.2) is 9.59 Å². The van der Waals surface area contributed by atoms with E-state index in [1.807, 2.05) is 6.92 Å². The summed E-state index contributed by atoms with van der Waals surface area (Å²) in [6, 6.07) is 3.81. The molecular formula is C13H14N2O5S. The molecular weight excluding hydrogens is 296 g/mol. The zero-order chi connectivity index (χ0) is 15.0. The van der Waals surface area contributed by atoms with Gasteiger partial charge in [0.2, 0.25) is 6.79 Å². The van der Waals surface area contributed by atoms with Gasteiger partial charge in [0, 0.05) is 17.5 Å². The standard InChI is InChI=1S/C13H14N2O5S/c1-7-15(9(5-21-7)12(16)17)13(18)14-8-2-3-10-11(4-8)20-6-19-10/h2-4,7,9H,5-6H2,1H3,(H,14,18)(H,16,17). The highest BCUT2D eigenvalue weighted by atomic mass is 32.2. The maximum absolute atomic E-state index is 12.3. The number of ether oxygens (including phenoxy) is 2. The Kier molecular flexibility index (Phi) is 3.54. The first-order valence-corrected chi connectivity index (χ1v) is 7.44. The predicted molar refractivity (Wildman–Crippen MR) is 76.8 cm³/mol. The molecule has 2 atom stereocenters. The van der Waals surface area contributed by atoms with E-state index in [-0.39, 0.29) is 12.2 Å². The number of nitrogens with one attached hydrogen (secondary N) is 1. The Balaban J connectivity index is 1.75. The number of carbonyl (C=O) groups is 2. The number of carboxylic acid groups (broad SMARTS) is 1. The van der Waals surface area contributed by atoms with Crippen LogP contribution in [0.3, 0.4) is 0 Å². The van der Waals surface area contributed by atoms with Crippen LogP contribution >= 0.6 is 11.8 Å². The molecule has 2 aliphatic rings. The maximum atomic E-state index is 12.3. The predicted octanol–water partition coefficient (Wildman–Crippen LogP) is 1.80. The minimum atomic E-state index is -0.993. The van der Waals surface area contributed by atoms with Gasteiger partial charge in [0.1, 0.15) is 6.04 Å². The van der Waals surface area contributed by atoms with Crippen molar-refractivity contribution in [3.63, 3.8) is 0 Å². The summed E-state index contributed by atoms with van der Waals surface area (Å²) in [4.78, 5) is 24.8. The van der Waals surface area contributed by atoms with Crippen LogP contribution in [-0.4, -0.2) is 46.0 Å². The summed E-state index contributed by atoms with van der Waals surface area (Å²) < 4.78 is 10.4. The second-order valence-electron chi connectivity index (χ2n) is 4.69. The van der Waals surface area contributed by atoms with Crippen molar-refractivity contribution in [2.75, 3.05) is 17.9 Å². The zero-order valence-electron chi connectivity index (χ0n) is 11.2. The molecule has 7 nitrogen and oxygen atoms in total. The second-order valence-corrected chi connectivity index (χ2v) is 6.04. The minimum Gasteiger partial charge on any atom is -0.480 e. The molecule has 3 rings (SSSR count). The lowest BCUT2D eigenvalue weighted by Gasteiger charge is -2.25. The number of hydrogen-bond donors (Lipinski definition) is 2. The van der Waals surface area contributed by atoms with E-state index in [1.54, 1.807) is 18.2 Å². The van der Waals surface area contributed by atoms with Gasteiger partial charge in [-0.05, 0) is 19.1 Å². The van der Waals surface area contributed by atoms with Crippen LogP contribution in [0.2, 0.25) is 0 Å². The second kappa shape index (κ2) is 5.36. The van der Waals surface area contributed by atoms with Crippen molar-refractivity contribution >= 4 is 29.4 Å². The summed E-state index contributed by atoms with van der Waals surface area (Å²) in [6.07, 6.45) is 0. The summed E-state index contributed by atoms with van der Waals surface area (Å²) in [5.74, 6) is 0.589. The highest BCUT2D eigenvalue weighted by molar-refractivity contribution is 8.00. The highest BCUT2D eigenvalue weighted by Gasteiger charge is 2.39. The third-order valence-electron chi connectivity index (χ3n) is 3.37. The van der Waals surface area contributed by atoms with Crippen molar-refractivity contribution in [3.05, 3.63) is 18.2 Å². The fourth-order valence-corrected chi connectivity index (χ4v) is 3.47. The number of urea groups is 1. The van der Waals surface area contributed by atoms with Crippen LogP contribution in [0, 0.1) is 0 Å². The van der Waals surface area contributed by atoms with Crippen molar-refractivity contribution in [3.8, 4) is 11.5 Å². The van der Waals surface area contributed by atoms with E-state index in [9.17, 15) is 14.7 Å². The van der Waals surface area contributed by atoms with Crippen molar-refractivity contribution in [2.45, 2.75) is 18.3 Å². The van der Waals surface area contributed by atoms with E-state index in [0.29, 0.717) is 22.9 Å². The summed E-state index contributed by atoms with van der Waals surface area (Å²) in [5.41, 5.74) is 0.539. The Labute approximate surface area is 125 Å². The van der Waals surface area contributed by atoms with Crippen LogP contribution < -0.4 is 14.8 Å². The maximum Gasteiger partial charge on any atom is 0.327 e. The number of anilines is 1. The number of carboxylic acids is 1. The summed E-state index contributed by atoms with van der Waals surface area (Å²) in [6.45, 7) is 1.97. The first-order chi connectivity index (χ1) is 10.1. The first-order valence-electron chi connectivity index (χ1n) is 6.39. The van der Waals surface area contributed by atoms with Crippen LogP contribution in [0.4, 0.5) is 10.5 Å². The zero-order valence-corrected chi connectivity index (χ0v) is 12.1. The fourth-order valence-electron chi connectivity index (χ4n) is 2.30. The smallest absolute Gasteiger partial charge is 0.327 e. The largest absolute Gasteiger partial charge is 0.480 e. The Morgan fingerprint density at radius 2 is 2.14 bits per heavy atom. The van der Waals surface area contributed by atoms with Gasteiger partial charge in [-0.15, -0.1) is 11.8 Å². The number of aliphatic carboxylic acids is 1.